The third kappa shape index (κ3) is 1.92. The summed E-state index contributed by atoms with van der Waals surface area (Å²) in [5.41, 5.74) is 0.580. The van der Waals surface area contributed by atoms with E-state index in [1.165, 1.54) is 4.90 Å². The highest BCUT2D eigenvalue weighted by Gasteiger charge is 2.61. The predicted octanol–water partition coefficient (Wildman–Crippen LogP) is 3.60. The van der Waals surface area contributed by atoms with Gasteiger partial charge in [-0.1, -0.05) is 35.9 Å². The number of rotatable bonds is 1. The lowest BCUT2D eigenvalue weighted by Gasteiger charge is -2.41. The normalized spacial score (nSPS) is 31.1. The van der Waals surface area contributed by atoms with E-state index >= 15 is 0 Å². The fraction of sp³-hybridized carbons (Fsp3) is 0.350. The van der Waals surface area contributed by atoms with Crippen molar-refractivity contribution < 1.29 is 14.4 Å². The molecule has 1 saturated heterocycles. The number of hydrogen-bond donors (Lipinski definition) is 0. The second-order valence-electron chi connectivity index (χ2n) is 7.29. The summed E-state index contributed by atoms with van der Waals surface area (Å²) in [6.45, 7) is 0. The van der Waals surface area contributed by atoms with E-state index in [1.54, 1.807) is 12.1 Å². The summed E-state index contributed by atoms with van der Waals surface area (Å²) >= 11 is 6.27. The van der Waals surface area contributed by atoms with Gasteiger partial charge < -0.3 is 0 Å². The Hall–Kier alpha value is -2.20. The lowest BCUT2D eigenvalue weighted by molar-refractivity contribution is -0.143. The van der Waals surface area contributed by atoms with E-state index in [2.05, 4.69) is 0 Å². The highest BCUT2D eigenvalue weighted by atomic mass is 35.5. The summed E-state index contributed by atoms with van der Waals surface area (Å²) in [4.78, 5) is 39.8. The highest BCUT2D eigenvalue weighted by Crippen LogP contribution is 2.52. The average Bonchev–Trinajstić information content (AvgIpc) is 2.89. The van der Waals surface area contributed by atoms with Gasteiger partial charge in [0.05, 0.1) is 17.5 Å². The Morgan fingerprint density at radius 3 is 2.36 bits per heavy atom. The van der Waals surface area contributed by atoms with Crippen molar-refractivity contribution in [2.24, 2.45) is 23.7 Å². The van der Waals surface area contributed by atoms with Crippen LogP contribution in [0.15, 0.2) is 36.4 Å². The first kappa shape index (κ1) is 15.1. The van der Waals surface area contributed by atoms with Crippen LogP contribution in [0.5, 0.6) is 0 Å². The smallest absolute Gasteiger partial charge is 0.238 e. The molecule has 1 aliphatic heterocycles. The predicted molar refractivity (Wildman–Crippen MR) is 94.3 cm³/mol. The quantitative estimate of drug-likeness (QED) is 0.736. The van der Waals surface area contributed by atoms with Gasteiger partial charge >= 0.3 is 0 Å². The molecule has 25 heavy (non-hydrogen) atoms. The first-order valence-corrected chi connectivity index (χ1v) is 9.03. The minimum atomic E-state index is -0.470. The first-order chi connectivity index (χ1) is 12.1. The molecule has 0 unspecified atom stereocenters. The lowest BCUT2D eigenvalue weighted by Crippen LogP contribution is -2.46. The van der Waals surface area contributed by atoms with Gasteiger partial charge in [-0.25, -0.2) is 4.90 Å². The maximum absolute atomic E-state index is 13.1. The number of anilines is 1. The molecule has 0 spiro atoms. The average molecular weight is 354 g/mol. The van der Waals surface area contributed by atoms with Crippen LogP contribution < -0.4 is 4.90 Å². The Balaban J connectivity index is 1.67. The molecule has 3 aliphatic carbocycles. The van der Waals surface area contributed by atoms with Crippen LogP contribution in [0.4, 0.5) is 5.69 Å². The largest absolute Gasteiger partial charge is 0.299 e. The molecular weight excluding hydrogens is 338 g/mol. The Morgan fingerprint density at radius 1 is 0.880 bits per heavy atom. The van der Waals surface area contributed by atoms with E-state index in [-0.39, 0.29) is 35.4 Å². The number of Topliss-reactive ketones (excluding diaryl/α,β-unsaturated/α-hetero) is 1. The van der Waals surface area contributed by atoms with Gasteiger partial charge in [0, 0.05) is 28.1 Å². The number of carbonyl (C=O) groups excluding carboxylic acids is 3. The molecule has 0 radical (unpaired) electrons. The summed E-state index contributed by atoms with van der Waals surface area (Å²) in [6.07, 6.45) is 2.05. The Labute approximate surface area is 149 Å². The zero-order valence-corrected chi connectivity index (χ0v) is 14.2. The monoisotopic (exact) mass is 353 g/mol. The van der Waals surface area contributed by atoms with Crippen LogP contribution in [0.1, 0.15) is 19.3 Å². The number of halogens is 1. The van der Waals surface area contributed by atoms with Gasteiger partial charge in [0.15, 0.2) is 0 Å². The molecule has 6 rings (SSSR count). The Kier molecular flexibility index (Phi) is 3.11. The van der Waals surface area contributed by atoms with Gasteiger partial charge in [0.25, 0.3) is 0 Å². The fourth-order valence-electron chi connectivity index (χ4n) is 5.06. The van der Waals surface area contributed by atoms with E-state index in [0.717, 1.165) is 23.6 Å². The maximum Gasteiger partial charge on any atom is 0.238 e. The summed E-state index contributed by atoms with van der Waals surface area (Å²) < 4.78 is 0. The standard InChI is InChI=1S/C20H16ClNO3/c21-14-7-8-15(12-4-2-1-3-11(12)14)22-19(24)17-10-5-6-13(16(23)9-10)18(17)20(22)25/h1-4,7-8,10,13,17-18H,5-6,9H2/t10-,13+,17+,18-/m0/s1. The minimum Gasteiger partial charge on any atom is -0.299 e. The van der Waals surface area contributed by atoms with Crippen molar-refractivity contribution in [3.8, 4) is 0 Å². The van der Waals surface area contributed by atoms with Crippen LogP contribution in [0.2, 0.25) is 5.02 Å². The number of fused-ring (bicyclic) bond motifs is 3. The van der Waals surface area contributed by atoms with Gasteiger partial charge in [-0.2, -0.15) is 0 Å². The summed E-state index contributed by atoms with van der Waals surface area (Å²) in [6, 6.07) is 11.0. The van der Waals surface area contributed by atoms with Crippen LogP contribution in [0, 0.1) is 23.7 Å². The Bertz CT molecular complexity index is 953. The highest BCUT2D eigenvalue weighted by molar-refractivity contribution is 6.37. The molecular formula is C20H16ClNO3. The maximum atomic E-state index is 13.1. The van der Waals surface area contributed by atoms with Gasteiger partial charge in [-0.15, -0.1) is 0 Å². The number of imide groups is 1. The molecule has 0 aromatic heterocycles. The fourth-order valence-corrected chi connectivity index (χ4v) is 5.29. The number of amides is 2. The van der Waals surface area contributed by atoms with Gasteiger partial charge in [0.1, 0.15) is 5.78 Å². The molecule has 5 heteroatoms. The van der Waals surface area contributed by atoms with E-state index in [9.17, 15) is 14.4 Å². The minimum absolute atomic E-state index is 0.0162. The number of nitrogens with zero attached hydrogens (tertiary/aromatic N) is 1. The SMILES string of the molecule is O=C1C[C@@H]2CC[C@H]1[C@@H]1C(=O)N(c3ccc(Cl)c4ccccc34)C(=O)[C@H]21. The molecule has 4 atom stereocenters. The van der Waals surface area contributed by atoms with Gasteiger partial charge in [0.2, 0.25) is 11.8 Å². The zero-order valence-electron chi connectivity index (χ0n) is 13.4. The van der Waals surface area contributed by atoms with E-state index < -0.39 is 5.92 Å². The van der Waals surface area contributed by atoms with Crippen molar-refractivity contribution in [2.75, 3.05) is 4.90 Å². The van der Waals surface area contributed by atoms with Crippen molar-refractivity contribution in [3.63, 3.8) is 0 Å². The van der Waals surface area contributed by atoms with Crippen molar-refractivity contribution in [2.45, 2.75) is 19.3 Å². The van der Waals surface area contributed by atoms with Crippen LogP contribution in [0.25, 0.3) is 10.8 Å². The van der Waals surface area contributed by atoms with Crippen molar-refractivity contribution >= 4 is 45.7 Å². The van der Waals surface area contributed by atoms with Crippen LogP contribution in [0.3, 0.4) is 0 Å². The second-order valence-corrected chi connectivity index (χ2v) is 7.70. The van der Waals surface area contributed by atoms with Crippen molar-refractivity contribution in [1.29, 1.82) is 0 Å². The van der Waals surface area contributed by atoms with E-state index in [1.807, 2.05) is 24.3 Å². The van der Waals surface area contributed by atoms with Crippen LogP contribution in [-0.4, -0.2) is 17.6 Å². The van der Waals surface area contributed by atoms with Gasteiger partial charge in [-0.3, -0.25) is 14.4 Å². The topological polar surface area (TPSA) is 54.5 Å². The van der Waals surface area contributed by atoms with E-state index in [0.29, 0.717) is 17.1 Å². The molecule has 126 valence electrons. The molecule has 2 bridgehead atoms. The molecule has 4 fully saturated rings. The molecule has 2 aromatic carbocycles. The lowest BCUT2D eigenvalue weighted by atomic mass is 9.59. The summed E-state index contributed by atoms with van der Waals surface area (Å²) in [5.74, 6) is -1.28. The molecule has 2 aromatic rings. The number of carbonyl (C=O) groups is 3. The van der Waals surface area contributed by atoms with Crippen molar-refractivity contribution in [1.82, 2.24) is 0 Å². The first-order valence-electron chi connectivity index (χ1n) is 8.65. The molecule has 4 aliphatic rings. The number of hydrogen-bond acceptors (Lipinski definition) is 3. The molecule has 0 N–H and O–H groups in total. The third-order valence-electron chi connectivity index (χ3n) is 6.15. The second kappa shape index (κ2) is 5.15. The summed E-state index contributed by atoms with van der Waals surface area (Å²) in [7, 11) is 0. The van der Waals surface area contributed by atoms with Gasteiger partial charge in [-0.05, 0) is 30.9 Å². The zero-order chi connectivity index (χ0) is 17.3. The van der Waals surface area contributed by atoms with Crippen LogP contribution >= 0.6 is 11.6 Å². The molecule has 3 saturated carbocycles. The Morgan fingerprint density at radius 2 is 1.60 bits per heavy atom. The van der Waals surface area contributed by atoms with E-state index in [4.69, 9.17) is 11.6 Å². The van der Waals surface area contributed by atoms with Crippen molar-refractivity contribution in [3.05, 3.63) is 41.4 Å². The summed E-state index contributed by atoms with van der Waals surface area (Å²) in [5, 5.41) is 2.19. The molecule has 2 amide bonds. The number of ketones is 1. The third-order valence-corrected chi connectivity index (χ3v) is 6.48. The molecule has 1 heterocycles. The van der Waals surface area contributed by atoms with Crippen LogP contribution in [-0.2, 0) is 14.4 Å². The molecule has 4 nitrogen and oxygen atoms in total. The number of benzene rings is 2.